The first-order valence-electron chi connectivity index (χ1n) is 11.3. The summed E-state index contributed by atoms with van der Waals surface area (Å²) in [5.41, 5.74) is 6.19. The molecule has 4 nitrogen and oxygen atoms in total. The molecule has 0 spiro atoms. The summed E-state index contributed by atoms with van der Waals surface area (Å²) in [5.74, 6) is 0.0678. The van der Waals surface area contributed by atoms with E-state index >= 15 is 0 Å². The van der Waals surface area contributed by atoms with E-state index in [0.717, 1.165) is 17.1 Å². The Labute approximate surface area is 202 Å². The number of hydrogen-bond acceptors (Lipinski definition) is 3. The topological polar surface area (TPSA) is 34.4 Å². The average molecular weight is 468 g/mol. The molecule has 2 aromatic carbocycles. The first kappa shape index (κ1) is 22.5. The molecule has 0 amide bonds. The molecule has 0 unspecified atom stereocenters. The monoisotopic (exact) mass is 468 g/mol. The van der Waals surface area contributed by atoms with Gasteiger partial charge in [-0.2, -0.15) is 4.58 Å². The average Bonchev–Trinajstić information content (AvgIpc) is 2.86. The summed E-state index contributed by atoms with van der Waals surface area (Å²) in [5, 5.41) is 0. The number of aryl methyl sites for hydroxylation is 2. The first-order chi connectivity index (χ1) is 16.9. The van der Waals surface area contributed by atoms with E-state index in [4.69, 9.17) is 9.31 Å². The van der Waals surface area contributed by atoms with E-state index in [9.17, 15) is 8.63 Å². The lowest BCUT2D eigenvalue weighted by Gasteiger charge is -2.35. The number of benzene rings is 2. The van der Waals surface area contributed by atoms with Crippen molar-refractivity contribution >= 4 is 30.0 Å². The highest BCUT2D eigenvalue weighted by Gasteiger charge is 2.38. The molecule has 0 fully saturated rings. The molecule has 35 heavy (non-hydrogen) atoms. The van der Waals surface area contributed by atoms with Crippen molar-refractivity contribution in [3.05, 3.63) is 131 Å². The molecule has 0 N–H and O–H groups in total. The molecule has 2 heterocycles. The Morgan fingerprint density at radius 3 is 1.91 bits per heavy atom. The third-order valence-electron chi connectivity index (χ3n) is 5.73. The van der Waals surface area contributed by atoms with Gasteiger partial charge < -0.3 is 17.9 Å². The third kappa shape index (κ3) is 4.99. The van der Waals surface area contributed by atoms with Gasteiger partial charge in [-0.3, -0.25) is 4.98 Å². The van der Waals surface area contributed by atoms with Gasteiger partial charge in [0.15, 0.2) is 0 Å². The molecule has 174 valence electrons. The summed E-state index contributed by atoms with van der Waals surface area (Å²) < 4.78 is 40.5. The maximum atomic E-state index is 14.3. The third-order valence-corrected chi connectivity index (χ3v) is 5.73. The number of aromatic nitrogens is 1. The van der Waals surface area contributed by atoms with Crippen LogP contribution in [0.15, 0.2) is 115 Å². The molecule has 0 bridgehead atoms. The summed E-state index contributed by atoms with van der Waals surface area (Å²) in [4.78, 5) is 3.99. The van der Waals surface area contributed by atoms with E-state index in [1.54, 1.807) is 30.5 Å². The zero-order valence-corrected chi connectivity index (χ0v) is 19.4. The lowest BCUT2D eigenvalue weighted by molar-refractivity contribution is 0.172. The van der Waals surface area contributed by atoms with Crippen LogP contribution < -0.4 is 4.58 Å². The summed E-state index contributed by atoms with van der Waals surface area (Å²) in [6, 6.07) is 19.8. The zero-order valence-electron chi connectivity index (χ0n) is 19.4. The first-order valence-corrected chi connectivity index (χ1v) is 11.3. The van der Waals surface area contributed by atoms with Crippen molar-refractivity contribution < 1.29 is 17.9 Å². The number of halogens is 2. The van der Waals surface area contributed by atoms with Gasteiger partial charge in [-0.15, -0.1) is 0 Å². The number of hydrogen-bond donors (Lipinski definition) is 0. The normalized spacial score (nSPS) is 16.5. The summed E-state index contributed by atoms with van der Waals surface area (Å²) in [6.07, 6.45) is 11.9. The van der Waals surface area contributed by atoms with Gasteiger partial charge in [0.05, 0.1) is 11.5 Å². The van der Waals surface area contributed by atoms with Gasteiger partial charge in [0.2, 0.25) is 17.1 Å². The van der Waals surface area contributed by atoms with E-state index in [1.165, 1.54) is 23.4 Å². The molecular weight excluding hydrogens is 445 g/mol. The van der Waals surface area contributed by atoms with Crippen LogP contribution in [-0.2, 0) is 9.31 Å². The van der Waals surface area contributed by atoms with Crippen molar-refractivity contribution in [3.8, 4) is 0 Å². The van der Waals surface area contributed by atoms with Gasteiger partial charge in [0.25, 0.3) is 0 Å². The minimum Gasteiger partial charge on any atom is -0.627 e. The second-order valence-electron chi connectivity index (χ2n) is 8.44. The van der Waals surface area contributed by atoms with Gasteiger partial charge in [-0.25, -0.2) is 0 Å². The van der Waals surface area contributed by atoms with Crippen molar-refractivity contribution in [2.45, 2.75) is 13.8 Å². The lowest BCUT2D eigenvalue weighted by Crippen LogP contribution is -2.34. The highest BCUT2D eigenvalue weighted by Crippen LogP contribution is 2.34. The molecular formula is C28H23BF2N2O2. The van der Waals surface area contributed by atoms with Crippen LogP contribution in [0.4, 0.5) is 20.0 Å². The molecule has 0 saturated heterocycles. The molecule has 7 heteroatoms. The van der Waals surface area contributed by atoms with Crippen LogP contribution in [0.25, 0.3) is 5.76 Å². The van der Waals surface area contributed by atoms with Gasteiger partial charge in [-0.1, -0.05) is 35.4 Å². The van der Waals surface area contributed by atoms with Crippen molar-refractivity contribution in [1.82, 2.24) is 9.56 Å². The quantitative estimate of drug-likeness (QED) is 0.313. The van der Waals surface area contributed by atoms with Crippen LogP contribution in [-0.4, -0.2) is 17.8 Å². The van der Waals surface area contributed by atoms with E-state index in [-0.39, 0.29) is 11.5 Å². The maximum Gasteiger partial charge on any atom is 0.725 e. The predicted molar refractivity (Wildman–Crippen MR) is 136 cm³/mol. The predicted octanol–water partition coefficient (Wildman–Crippen LogP) is 6.82. The van der Waals surface area contributed by atoms with E-state index in [2.05, 4.69) is 58.1 Å². The van der Waals surface area contributed by atoms with Crippen LogP contribution in [0, 0.1) is 13.8 Å². The fraction of sp³-hybridized carbons (Fsp3) is 0.0714. The van der Waals surface area contributed by atoms with Gasteiger partial charge >= 0.3 is 7.11 Å². The van der Waals surface area contributed by atoms with E-state index in [1.807, 2.05) is 26.0 Å². The Bertz CT molecular complexity index is 1340. The lowest BCUT2D eigenvalue weighted by atomic mass is 10.0. The van der Waals surface area contributed by atoms with Crippen molar-refractivity contribution in [3.63, 3.8) is 0 Å². The van der Waals surface area contributed by atoms with Gasteiger partial charge in [0, 0.05) is 66.0 Å². The fourth-order valence-electron chi connectivity index (χ4n) is 3.93. The number of rotatable bonds is 3. The number of nitrogens with zero attached hydrogens (tertiary/aromatic N) is 2. The molecule has 5 rings (SSSR count). The van der Waals surface area contributed by atoms with Crippen LogP contribution in [0.5, 0.6) is 0 Å². The highest BCUT2D eigenvalue weighted by atomic mass is 19.3. The van der Waals surface area contributed by atoms with Crippen LogP contribution in [0.2, 0.25) is 0 Å². The fourth-order valence-corrected chi connectivity index (χ4v) is 3.93. The smallest absolute Gasteiger partial charge is 0.627 e. The second-order valence-corrected chi connectivity index (χ2v) is 8.44. The molecule has 0 radical (unpaired) electrons. The van der Waals surface area contributed by atoms with Crippen molar-refractivity contribution in [2.75, 3.05) is 0 Å². The summed E-state index contributed by atoms with van der Waals surface area (Å²) >= 11 is 0. The van der Waals surface area contributed by atoms with Crippen LogP contribution in [0.1, 0.15) is 16.7 Å². The SMILES string of the molecule is Cc1ccc([N+](=C2C=CC(=C3C=C(c4cccnc4)O[B-](F)(F)O3)C=C2)c2ccc(C)cc2)cc1. The van der Waals surface area contributed by atoms with Crippen molar-refractivity contribution in [1.29, 1.82) is 0 Å². The van der Waals surface area contributed by atoms with Crippen LogP contribution in [0.3, 0.4) is 0 Å². The molecule has 1 aliphatic heterocycles. The molecule has 0 saturated carbocycles. The van der Waals surface area contributed by atoms with Crippen molar-refractivity contribution in [2.24, 2.45) is 0 Å². The van der Waals surface area contributed by atoms with Gasteiger partial charge in [-0.05, 0) is 38.1 Å². The second kappa shape index (κ2) is 9.18. The minimum absolute atomic E-state index is 0.0226. The number of pyridine rings is 1. The Hall–Kier alpha value is -4.26. The van der Waals surface area contributed by atoms with Gasteiger partial charge in [0.1, 0.15) is 0 Å². The summed E-state index contributed by atoms with van der Waals surface area (Å²) in [6.45, 7) is 4.09. The molecule has 1 aliphatic carbocycles. The van der Waals surface area contributed by atoms with Crippen LogP contribution >= 0.6 is 0 Å². The zero-order chi connectivity index (χ0) is 24.4. The Morgan fingerprint density at radius 2 is 1.37 bits per heavy atom. The Balaban J connectivity index is 1.57. The Morgan fingerprint density at radius 1 is 0.771 bits per heavy atom. The highest BCUT2D eigenvalue weighted by molar-refractivity contribution is 6.53. The molecule has 0 atom stereocenters. The Kier molecular flexibility index (Phi) is 5.91. The maximum absolute atomic E-state index is 14.3. The minimum atomic E-state index is -4.50. The van der Waals surface area contributed by atoms with E-state index < -0.39 is 7.11 Å². The summed E-state index contributed by atoms with van der Waals surface area (Å²) in [7, 11) is -4.50. The molecule has 1 aromatic heterocycles. The standard InChI is InChI=1S/C28H23BF2N2O2/c1-20-5-11-24(12-6-20)33(25-13-7-21(2)8-14-25)26-15-9-22(10-16-26)27-18-28(35-29(30,31)34-27)23-4-3-17-32-19-23/h3-19H,1-2H3. The largest absolute Gasteiger partial charge is 0.725 e. The molecule has 2 aliphatic rings. The molecule has 3 aromatic rings. The van der Waals surface area contributed by atoms with E-state index in [0.29, 0.717) is 11.1 Å². The number of allylic oxidation sites excluding steroid dienone is 6.